The normalized spacial score (nSPS) is 12.8. The minimum atomic E-state index is -0.409. The van der Waals surface area contributed by atoms with Crippen LogP contribution in [0.4, 0.5) is 0 Å². The van der Waals surface area contributed by atoms with E-state index in [1.807, 2.05) is 0 Å². The van der Waals surface area contributed by atoms with Gasteiger partial charge in [0.25, 0.3) is 0 Å². The number of esters is 1. The summed E-state index contributed by atoms with van der Waals surface area (Å²) in [5, 5.41) is 0. The predicted molar refractivity (Wildman–Crippen MR) is 33.7 cm³/mol. The first kappa shape index (κ1) is 8.39. The first-order valence-electron chi connectivity index (χ1n) is 2.80. The van der Waals surface area contributed by atoms with Crippen molar-refractivity contribution in [3.05, 3.63) is 0 Å². The molecule has 0 aliphatic heterocycles. The van der Waals surface area contributed by atoms with E-state index in [-0.39, 0.29) is 12.6 Å². The summed E-state index contributed by atoms with van der Waals surface area (Å²) in [6.07, 6.45) is -0.221. The fourth-order valence-corrected chi connectivity index (χ4v) is 0.321. The Hall–Kier alpha value is -0.610. The monoisotopic (exact) mass is 132 g/mol. The van der Waals surface area contributed by atoms with Crippen molar-refractivity contribution in [3.63, 3.8) is 0 Å². The highest BCUT2D eigenvalue weighted by atomic mass is 16.5. The smallest absolute Gasteiger partial charge is 0.320 e. The molecule has 0 aromatic carbocycles. The van der Waals surface area contributed by atoms with Crippen LogP contribution in [0.3, 0.4) is 0 Å². The van der Waals surface area contributed by atoms with Gasteiger partial charge in [0.1, 0.15) is 6.10 Å². The largest absolute Gasteiger partial charge is 0.460 e. The fraction of sp³-hybridized carbons (Fsp3) is 0.800. The van der Waals surface area contributed by atoms with E-state index in [4.69, 9.17) is 11.5 Å². The second-order valence-electron chi connectivity index (χ2n) is 1.74. The van der Waals surface area contributed by atoms with Gasteiger partial charge in [0.2, 0.25) is 0 Å². The number of carbonyl (C=O) groups excluding carboxylic acids is 1. The SMILES string of the molecule is CC(CN)OC(=O)CN. The molecule has 0 spiro atoms. The minimum absolute atomic E-state index is 0.0790. The molecule has 0 aliphatic rings. The maximum absolute atomic E-state index is 10.4. The summed E-state index contributed by atoms with van der Waals surface area (Å²) >= 11 is 0. The van der Waals surface area contributed by atoms with Crippen LogP contribution in [-0.2, 0) is 9.53 Å². The zero-order valence-electron chi connectivity index (χ0n) is 5.46. The van der Waals surface area contributed by atoms with Crippen LogP contribution in [0.15, 0.2) is 0 Å². The molecular weight excluding hydrogens is 120 g/mol. The molecule has 0 bridgehead atoms. The first-order chi connectivity index (χ1) is 4.20. The lowest BCUT2D eigenvalue weighted by Crippen LogP contribution is -2.27. The van der Waals surface area contributed by atoms with Crippen molar-refractivity contribution in [2.45, 2.75) is 13.0 Å². The van der Waals surface area contributed by atoms with Crippen LogP contribution in [0, 0.1) is 0 Å². The molecule has 4 heteroatoms. The van der Waals surface area contributed by atoms with Gasteiger partial charge in [0.15, 0.2) is 0 Å². The van der Waals surface area contributed by atoms with Crippen molar-refractivity contribution in [1.29, 1.82) is 0 Å². The van der Waals surface area contributed by atoms with E-state index in [9.17, 15) is 4.79 Å². The summed E-state index contributed by atoms with van der Waals surface area (Å²) in [6, 6.07) is 0. The topological polar surface area (TPSA) is 78.3 Å². The van der Waals surface area contributed by atoms with E-state index in [1.165, 1.54) is 0 Å². The third kappa shape index (κ3) is 3.93. The van der Waals surface area contributed by atoms with Gasteiger partial charge >= 0.3 is 5.97 Å². The molecule has 0 aliphatic carbocycles. The van der Waals surface area contributed by atoms with Crippen LogP contribution in [0.2, 0.25) is 0 Å². The predicted octanol–water partition coefficient (Wildman–Crippen LogP) is -1.16. The molecule has 4 nitrogen and oxygen atoms in total. The lowest BCUT2D eigenvalue weighted by Gasteiger charge is -2.08. The van der Waals surface area contributed by atoms with Crippen molar-refractivity contribution in [2.75, 3.05) is 13.1 Å². The molecule has 0 aromatic rings. The standard InChI is InChI=1S/C5H12N2O2/c1-4(2-6)9-5(8)3-7/h4H,2-3,6-7H2,1H3. The van der Waals surface area contributed by atoms with E-state index in [0.29, 0.717) is 6.54 Å². The van der Waals surface area contributed by atoms with Crippen molar-refractivity contribution >= 4 is 5.97 Å². The first-order valence-corrected chi connectivity index (χ1v) is 2.80. The van der Waals surface area contributed by atoms with Crippen molar-refractivity contribution < 1.29 is 9.53 Å². The van der Waals surface area contributed by atoms with Crippen LogP contribution < -0.4 is 11.5 Å². The maximum atomic E-state index is 10.4. The minimum Gasteiger partial charge on any atom is -0.460 e. The van der Waals surface area contributed by atoms with Gasteiger partial charge in [-0.25, -0.2) is 0 Å². The van der Waals surface area contributed by atoms with Gasteiger partial charge in [-0.1, -0.05) is 0 Å². The van der Waals surface area contributed by atoms with Crippen LogP contribution in [0.5, 0.6) is 0 Å². The van der Waals surface area contributed by atoms with E-state index in [2.05, 4.69) is 4.74 Å². The molecule has 0 amide bonds. The number of hydrogen-bond donors (Lipinski definition) is 2. The molecule has 54 valence electrons. The Kier molecular flexibility index (Phi) is 4.00. The summed E-state index contributed by atoms with van der Waals surface area (Å²) in [5.41, 5.74) is 10.1. The van der Waals surface area contributed by atoms with Gasteiger partial charge in [0.05, 0.1) is 6.54 Å². The van der Waals surface area contributed by atoms with E-state index < -0.39 is 5.97 Å². The highest BCUT2D eigenvalue weighted by Gasteiger charge is 2.03. The average molecular weight is 132 g/mol. The summed E-state index contributed by atoms with van der Waals surface area (Å²) in [6.45, 7) is 1.98. The zero-order valence-corrected chi connectivity index (χ0v) is 5.46. The number of carbonyl (C=O) groups is 1. The molecule has 0 heterocycles. The molecule has 1 atom stereocenters. The Morgan fingerprint density at radius 2 is 2.22 bits per heavy atom. The van der Waals surface area contributed by atoms with Crippen molar-refractivity contribution in [1.82, 2.24) is 0 Å². The van der Waals surface area contributed by atoms with Gasteiger partial charge in [-0.15, -0.1) is 0 Å². The Labute approximate surface area is 54.2 Å². The second kappa shape index (κ2) is 4.29. The van der Waals surface area contributed by atoms with Crippen LogP contribution in [0.25, 0.3) is 0 Å². The van der Waals surface area contributed by atoms with Gasteiger partial charge in [-0.2, -0.15) is 0 Å². The molecule has 4 N–H and O–H groups in total. The van der Waals surface area contributed by atoms with Gasteiger partial charge in [-0.05, 0) is 6.92 Å². The number of nitrogens with two attached hydrogens (primary N) is 2. The summed E-state index contributed by atoms with van der Waals surface area (Å²) in [7, 11) is 0. The quantitative estimate of drug-likeness (QED) is 0.474. The highest BCUT2D eigenvalue weighted by molar-refractivity contribution is 5.71. The van der Waals surface area contributed by atoms with Gasteiger partial charge in [0, 0.05) is 6.54 Å². The van der Waals surface area contributed by atoms with Gasteiger partial charge in [-0.3, -0.25) is 4.79 Å². The lowest BCUT2D eigenvalue weighted by molar-refractivity contribution is -0.145. The van der Waals surface area contributed by atoms with E-state index in [1.54, 1.807) is 6.92 Å². The molecule has 0 radical (unpaired) electrons. The molecule has 0 saturated heterocycles. The molecule has 0 rings (SSSR count). The van der Waals surface area contributed by atoms with Crippen LogP contribution in [0.1, 0.15) is 6.92 Å². The Balaban J connectivity index is 3.34. The number of rotatable bonds is 3. The Bertz CT molecular complexity index is 95.0. The lowest BCUT2D eigenvalue weighted by atomic mass is 10.4. The summed E-state index contributed by atoms with van der Waals surface area (Å²) < 4.78 is 4.66. The molecule has 9 heavy (non-hydrogen) atoms. The van der Waals surface area contributed by atoms with Crippen molar-refractivity contribution in [3.8, 4) is 0 Å². The molecule has 0 aromatic heterocycles. The average Bonchev–Trinajstić information content (AvgIpc) is 1.87. The number of ether oxygens (including phenoxy) is 1. The Morgan fingerprint density at radius 1 is 1.67 bits per heavy atom. The Morgan fingerprint density at radius 3 is 2.56 bits per heavy atom. The third-order valence-corrected chi connectivity index (χ3v) is 0.831. The van der Waals surface area contributed by atoms with E-state index >= 15 is 0 Å². The molecule has 0 saturated carbocycles. The fourth-order valence-electron chi connectivity index (χ4n) is 0.321. The molecule has 0 fully saturated rings. The van der Waals surface area contributed by atoms with Crippen LogP contribution >= 0.6 is 0 Å². The second-order valence-corrected chi connectivity index (χ2v) is 1.74. The number of hydrogen-bond acceptors (Lipinski definition) is 4. The zero-order chi connectivity index (χ0) is 7.28. The summed E-state index contributed by atoms with van der Waals surface area (Å²) in [4.78, 5) is 10.4. The maximum Gasteiger partial charge on any atom is 0.320 e. The van der Waals surface area contributed by atoms with Gasteiger partial charge < -0.3 is 16.2 Å². The molecular formula is C5H12N2O2. The van der Waals surface area contributed by atoms with Crippen LogP contribution in [-0.4, -0.2) is 25.2 Å². The highest BCUT2D eigenvalue weighted by Crippen LogP contribution is 1.85. The van der Waals surface area contributed by atoms with Crippen molar-refractivity contribution in [2.24, 2.45) is 11.5 Å². The summed E-state index contributed by atoms with van der Waals surface area (Å²) in [5.74, 6) is -0.409. The molecule has 1 unspecified atom stereocenters. The third-order valence-electron chi connectivity index (χ3n) is 0.831. The van der Waals surface area contributed by atoms with E-state index in [0.717, 1.165) is 0 Å².